The van der Waals surface area contributed by atoms with Crippen molar-refractivity contribution in [2.75, 3.05) is 18.3 Å². The molecular formula is C28H24FN4O4-. The molecule has 2 atom stereocenters. The molecule has 0 bridgehead atoms. The minimum absolute atomic E-state index is 0.0361. The van der Waals surface area contributed by atoms with Crippen molar-refractivity contribution in [2.24, 2.45) is 0 Å². The number of aromatic amines is 1. The fourth-order valence-electron chi connectivity index (χ4n) is 5.59. The lowest BCUT2D eigenvalue weighted by molar-refractivity contribution is -0.158. The standard InChI is InChI=1S/C28H24FN4O4/c29-19-10-8-17(9-11-19)12-13-31-16-25(34)32-24(28(31)35)15-22-21-6-1-2-7-23(21)30-26(22)27(32)18-4-3-5-20(14-18)33(36)37/h1-11,14,24,27,30,36H,12-13,15-16H2/q-1. The van der Waals surface area contributed by atoms with Crippen LogP contribution in [0.5, 0.6) is 0 Å². The lowest BCUT2D eigenvalue weighted by Crippen LogP contribution is -2.63. The third-order valence-electron chi connectivity index (χ3n) is 7.33. The Morgan fingerprint density at radius 3 is 2.62 bits per heavy atom. The highest BCUT2D eigenvalue weighted by molar-refractivity contribution is 5.97. The first kappa shape index (κ1) is 23.2. The van der Waals surface area contributed by atoms with Crippen molar-refractivity contribution in [1.29, 1.82) is 0 Å². The molecule has 2 aliphatic heterocycles. The molecule has 4 aromatic rings. The highest BCUT2D eigenvalue weighted by atomic mass is 19.1. The monoisotopic (exact) mass is 499 g/mol. The van der Waals surface area contributed by atoms with E-state index >= 15 is 0 Å². The van der Waals surface area contributed by atoms with E-state index in [9.17, 15) is 24.4 Å². The lowest BCUT2D eigenvalue weighted by atomic mass is 9.86. The molecule has 37 heavy (non-hydrogen) atoms. The summed E-state index contributed by atoms with van der Waals surface area (Å²) in [6.45, 7) is 0.271. The minimum atomic E-state index is -0.715. The summed E-state index contributed by atoms with van der Waals surface area (Å²) in [5.41, 5.74) is 4.18. The van der Waals surface area contributed by atoms with Crippen LogP contribution in [0, 0.1) is 11.0 Å². The maximum absolute atomic E-state index is 13.8. The van der Waals surface area contributed by atoms with E-state index in [1.807, 2.05) is 24.3 Å². The average Bonchev–Trinajstić information content (AvgIpc) is 3.28. The number of carbonyl (C=O) groups is 2. The number of benzene rings is 3. The van der Waals surface area contributed by atoms with Crippen molar-refractivity contribution < 1.29 is 19.2 Å². The Labute approximate surface area is 212 Å². The van der Waals surface area contributed by atoms with Crippen LogP contribution < -0.4 is 5.23 Å². The van der Waals surface area contributed by atoms with Crippen molar-refractivity contribution in [3.05, 3.63) is 106 Å². The summed E-state index contributed by atoms with van der Waals surface area (Å²) in [6, 6.07) is 19.0. The highest BCUT2D eigenvalue weighted by Crippen LogP contribution is 2.43. The third-order valence-corrected chi connectivity index (χ3v) is 7.33. The number of piperazine rings is 1. The molecule has 2 aliphatic rings. The number of nitrogens with zero attached hydrogens (tertiary/aromatic N) is 3. The van der Waals surface area contributed by atoms with Crippen LogP contribution in [-0.2, 0) is 22.4 Å². The van der Waals surface area contributed by atoms with Crippen LogP contribution in [0.25, 0.3) is 10.9 Å². The van der Waals surface area contributed by atoms with Crippen molar-refractivity contribution >= 4 is 28.4 Å². The van der Waals surface area contributed by atoms with Gasteiger partial charge in [0.1, 0.15) is 11.9 Å². The Balaban J connectivity index is 1.39. The summed E-state index contributed by atoms with van der Waals surface area (Å²) in [5, 5.41) is 21.9. The van der Waals surface area contributed by atoms with Gasteiger partial charge in [0.15, 0.2) is 0 Å². The van der Waals surface area contributed by atoms with E-state index in [-0.39, 0.29) is 35.1 Å². The number of H-pyrrole nitrogens is 1. The molecule has 0 aliphatic carbocycles. The SMILES string of the molecule is O=C1C2Cc3c([nH]c4ccccc34)C(c3cccc(N([O-])O)c3)N2C(=O)CN1CCc1ccc(F)cc1. The van der Waals surface area contributed by atoms with E-state index in [0.717, 1.165) is 27.7 Å². The number of anilines is 1. The van der Waals surface area contributed by atoms with Gasteiger partial charge in [-0.05, 0) is 53.4 Å². The van der Waals surface area contributed by atoms with Crippen molar-refractivity contribution in [3.8, 4) is 0 Å². The van der Waals surface area contributed by atoms with Gasteiger partial charge in [-0.1, -0.05) is 42.5 Å². The van der Waals surface area contributed by atoms with Gasteiger partial charge in [0, 0.05) is 29.6 Å². The van der Waals surface area contributed by atoms with E-state index in [1.54, 1.807) is 34.1 Å². The number of aromatic nitrogens is 1. The Morgan fingerprint density at radius 2 is 1.84 bits per heavy atom. The largest absolute Gasteiger partial charge is 0.733 e. The molecule has 2 amide bonds. The van der Waals surface area contributed by atoms with Gasteiger partial charge in [0.2, 0.25) is 11.8 Å². The number of halogens is 1. The molecule has 9 heteroatoms. The fourth-order valence-corrected chi connectivity index (χ4v) is 5.59. The number of hydrogen-bond acceptors (Lipinski definition) is 5. The molecule has 1 fully saturated rings. The van der Waals surface area contributed by atoms with Gasteiger partial charge >= 0.3 is 0 Å². The minimum Gasteiger partial charge on any atom is -0.733 e. The predicted octanol–water partition coefficient (Wildman–Crippen LogP) is 3.93. The molecule has 3 aromatic carbocycles. The smallest absolute Gasteiger partial charge is 0.246 e. The van der Waals surface area contributed by atoms with Crippen molar-refractivity contribution in [3.63, 3.8) is 0 Å². The van der Waals surface area contributed by atoms with Crippen molar-refractivity contribution in [2.45, 2.75) is 24.9 Å². The molecule has 0 saturated carbocycles. The summed E-state index contributed by atoms with van der Waals surface area (Å²) in [6.07, 6.45) is 0.868. The molecule has 6 rings (SSSR count). The molecule has 0 radical (unpaired) electrons. The van der Waals surface area contributed by atoms with Gasteiger partial charge in [0.05, 0.1) is 18.3 Å². The first-order valence-electron chi connectivity index (χ1n) is 12.1. The maximum Gasteiger partial charge on any atom is 0.246 e. The van der Waals surface area contributed by atoms with Gasteiger partial charge in [0.25, 0.3) is 0 Å². The molecule has 0 spiro atoms. The molecule has 3 heterocycles. The molecule has 1 aromatic heterocycles. The van der Waals surface area contributed by atoms with Crippen LogP contribution in [0.4, 0.5) is 10.1 Å². The summed E-state index contributed by atoms with van der Waals surface area (Å²) in [4.78, 5) is 34.0. The predicted molar refractivity (Wildman–Crippen MR) is 135 cm³/mol. The van der Waals surface area contributed by atoms with Crippen LogP contribution in [0.15, 0.2) is 72.8 Å². The summed E-state index contributed by atoms with van der Waals surface area (Å²) in [7, 11) is 0. The number of para-hydroxylation sites is 1. The maximum atomic E-state index is 13.8. The van der Waals surface area contributed by atoms with E-state index in [1.165, 1.54) is 24.3 Å². The second kappa shape index (κ2) is 9.02. The van der Waals surface area contributed by atoms with E-state index in [2.05, 4.69) is 4.98 Å². The average molecular weight is 500 g/mol. The number of carbonyl (C=O) groups excluding carboxylic acids is 2. The van der Waals surface area contributed by atoms with Gasteiger partial charge in [-0.2, -0.15) is 0 Å². The van der Waals surface area contributed by atoms with Crippen LogP contribution in [0.3, 0.4) is 0 Å². The zero-order chi connectivity index (χ0) is 25.7. The Morgan fingerprint density at radius 1 is 1.05 bits per heavy atom. The van der Waals surface area contributed by atoms with Gasteiger partial charge in [-0.3, -0.25) is 14.8 Å². The third kappa shape index (κ3) is 4.02. The highest BCUT2D eigenvalue weighted by Gasteiger charge is 2.48. The Kier molecular flexibility index (Phi) is 5.66. The fraction of sp³-hybridized carbons (Fsp3) is 0.214. The van der Waals surface area contributed by atoms with Gasteiger partial charge in [-0.15, -0.1) is 0 Å². The topological polar surface area (TPSA) is 103 Å². The normalized spacial score (nSPS) is 19.2. The number of amides is 2. The van der Waals surface area contributed by atoms with Crippen LogP contribution in [0.2, 0.25) is 0 Å². The van der Waals surface area contributed by atoms with E-state index < -0.39 is 12.1 Å². The van der Waals surface area contributed by atoms with Crippen molar-refractivity contribution in [1.82, 2.24) is 14.8 Å². The Hall–Kier alpha value is -4.21. The number of nitrogens with one attached hydrogen (secondary N) is 1. The quantitative estimate of drug-likeness (QED) is 0.405. The second-order valence-corrected chi connectivity index (χ2v) is 9.49. The van der Waals surface area contributed by atoms with E-state index in [4.69, 9.17) is 0 Å². The number of rotatable bonds is 5. The summed E-state index contributed by atoms with van der Waals surface area (Å²) >= 11 is 0. The molecule has 8 nitrogen and oxygen atoms in total. The molecule has 1 saturated heterocycles. The van der Waals surface area contributed by atoms with Gasteiger partial charge < -0.3 is 25.2 Å². The summed E-state index contributed by atoms with van der Waals surface area (Å²) < 4.78 is 13.3. The molecular weight excluding hydrogens is 475 g/mol. The second-order valence-electron chi connectivity index (χ2n) is 9.49. The van der Waals surface area contributed by atoms with Crippen LogP contribution >= 0.6 is 0 Å². The van der Waals surface area contributed by atoms with Gasteiger partial charge in [-0.25, -0.2) is 4.39 Å². The molecule has 188 valence electrons. The molecule has 2 N–H and O–H groups in total. The molecule has 2 unspecified atom stereocenters. The zero-order valence-electron chi connectivity index (χ0n) is 19.8. The Bertz CT molecular complexity index is 1500. The summed E-state index contributed by atoms with van der Waals surface area (Å²) in [5.74, 6) is -0.672. The van der Waals surface area contributed by atoms with E-state index in [0.29, 0.717) is 24.9 Å². The zero-order valence-corrected chi connectivity index (χ0v) is 19.8. The first-order valence-corrected chi connectivity index (χ1v) is 12.1. The number of hydrogen-bond donors (Lipinski definition) is 2. The first-order chi connectivity index (χ1) is 17.9. The van der Waals surface area contributed by atoms with Crippen LogP contribution in [-0.4, -0.2) is 50.9 Å². The number of fused-ring (bicyclic) bond motifs is 4. The van der Waals surface area contributed by atoms with Crippen LogP contribution in [0.1, 0.15) is 28.4 Å². The lowest BCUT2D eigenvalue weighted by Gasteiger charge is -2.47.